The van der Waals surface area contributed by atoms with Crippen molar-refractivity contribution in [3.63, 3.8) is 0 Å². The van der Waals surface area contributed by atoms with Crippen LogP contribution in [0, 0.1) is 20.2 Å². The molecule has 0 spiro atoms. The van der Waals surface area contributed by atoms with Gasteiger partial charge in [-0.2, -0.15) is 0 Å². The molecule has 0 heterocycles. The first kappa shape index (κ1) is 26.0. The van der Waals surface area contributed by atoms with Gasteiger partial charge in [-0.3, -0.25) is 20.2 Å². The topological polar surface area (TPSA) is 122 Å². The number of carbonyl (C=O) groups excluding carboxylic acids is 1. The largest absolute Gasteiger partial charge is 0.519 e. The predicted molar refractivity (Wildman–Crippen MR) is 141 cm³/mol. The molecular formula is C29H24N2O7. The highest BCUT2D eigenvalue weighted by molar-refractivity contribution is 5.67. The first-order chi connectivity index (χ1) is 18.4. The lowest BCUT2D eigenvalue weighted by Crippen LogP contribution is -2.13. The minimum Gasteiger partial charge on any atom is -0.395 e. The molecule has 0 aromatic heterocycles. The molecule has 9 nitrogen and oxygen atoms in total. The van der Waals surface area contributed by atoms with E-state index in [-0.39, 0.29) is 11.4 Å². The van der Waals surface area contributed by atoms with E-state index in [2.05, 4.69) is 0 Å². The van der Waals surface area contributed by atoms with E-state index in [1.165, 1.54) is 24.3 Å². The lowest BCUT2D eigenvalue weighted by molar-refractivity contribution is -0.385. The van der Waals surface area contributed by atoms with Crippen LogP contribution >= 0.6 is 0 Å². The molecule has 4 aromatic rings. The van der Waals surface area contributed by atoms with Gasteiger partial charge in [0.05, 0.1) is 9.85 Å². The molecule has 0 N–H and O–H groups in total. The Hall–Kier alpha value is -5.05. The second-order valence-electron chi connectivity index (χ2n) is 8.59. The van der Waals surface area contributed by atoms with E-state index in [0.717, 1.165) is 47.9 Å². The van der Waals surface area contributed by atoms with Crippen LogP contribution in [-0.2, 0) is 25.7 Å². The molecule has 0 aliphatic heterocycles. The van der Waals surface area contributed by atoms with E-state index in [1.54, 1.807) is 48.5 Å². The molecule has 0 fully saturated rings. The van der Waals surface area contributed by atoms with Crippen LogP contribution in [0.1, 0.15) is 22.3 Å². The lowest BCUT2D eigenvalue weighted by Gasteiger charge is -2.08. The molecule has 4 rings (SSSR count). The molecule has 0 radical (unpaired) electrons. The number of hydrogen-bond acceptors (Lipinski definition) is 7. The van der Waals surface area contributed by atoms with Crippen LogP contribution in [0.25, 0.3) is 0 Å². The molecule has 4 aromatic carbocycles. The fourth-order valence-electron chi connectivity index (χ4n) is 3.81. The molecule has 0 atom stereocenters. The van der Waals surface area contributed by atoms with E-state index in [9.17, 15) is 25.0 Å². The smallest absolute Gasteiger partial charge is 0.395 e. The van der Waals surface area contributed by atoms with Crippen molar-refractivity contribution in [2.45, 2.75) is 25.7 Å². The average Bonchev–Trinajstić information content (AvgIpc) is 2.92. The predicted octanol–water partition coefficient (Wildman–Crippen LogP) is 6.65. The quantitative estimate of drug-likeness (QED) is 0.101. The van der Waals surface area contributed by atoms with Gasteiger partial charge in [-0.15, -0.1) is 0 Å². The summed E-state index contributed by atoms with van der Waals surface area (Å²) >= 11 is 0. The van der Waals surface area contributed by atoms with Gasteiger partial charge in [0.25, 0.3) is 11.4 Å². The molecular weight excluding hydrogens is 488 g/mol. The van der Waals surface area contributed by atoms with Crippen molar-refractivity contribution in [1.82, 2.24) is 0 Å². The summed E-state index contributed by atoms with van der Waals surface area (Å²) in [5.74, 6) is 0.711. The Balaban J connectivity index is 1.21. The van der Waals surface area contributed by atoms with Crippen LogP contribution in [0.2, 0.25) is 0 Å². The maximum absolute atomic E-state index is 12.2. The number of rotatable bonds is 10. The summed E-state index contributed by atoms with van der Waals surface area (Å²) in [5, 5.41) is 21.5. The number of aryl methyl sites for hydroxylation is 4. The van der Waals surface area contributed by atoms with Gasteiger partial charge in [-0.1, -0.05) is 48.5 Å². The van der Waals surface area contributed by atoms with Gasteiger partial charge < -0.3 is 9.47 Å². The summed E-state index contributed by atoms with van der Waals surface area (Å²) in [4.78, 5) is 32.8. The minimum absolute atomic E-state index is 0.0674. The highest BCUT2D eigenvalue weighted by atomic mass is 16.7. The number of ether oxygens (including phenoxy) is 2. The fraction of sp³-hybridized carbons (Fsp3) is 0.138. The monoisotopic (exact) mass is 512 g/mol. The summed E-state index contributed by atoms with van der Waals surface area (Å²) in [6, 6.07) is 27.1. The molecule has 9 heteroatoms. The first-order valence-electron chi connectivity index (χ1n) is 11.9. The van der Waals surface area contributed by atoms with Gasteiger partial charge >= 0.3 is 6.16 Å². The lowest BCUT2D eigenvalue weighted by atomic mass is 10.0. The molecule has 0 saturated heterocycles. The second kappa shape index (κ2) is 12.3. The van der Waals surface area contributed by atoms with Crippen molar-refractivity contribution in [1.29, 1.82) is 0 Å². The van der Waals surface area contributed by atoms with E-state index in [4.69, 9.17) is 9.47 Å². The maximum Gasteiger partial charge on any atom is 0.519 e. The molecule has 0 aliphatic carbocycles. The van der Waals surface area contributed by atoms with Crippen molar-refractivity contribution in [2.24, 2.45) is 0 Å². The SMILES string of the molecule is O=C(Oc1ccc(CCc2ccc([N+](=O)[O-])cc2)cc1)Oc1ccc(CCc2ccc([N+](=O)[O-])cc2)cc1. The van der Waals surface area contributed by atoms with Gasteiger partial charge in [0.2, 0.25) is 0 Å². The molecule has 0 saturated carbocycles. The van der Waals surface area contributed by atoms with Crippen molar-refractivity contribution >= 4 is 17.5 Å². The van der Waals surface area contributed by atoms with Gasteiger partial charge in [-0.25, -0.2) is 4.79 Å². The minimum atomic E-state index is -0.845. The third-order valence-electron chi connectivity index (χ3n) is 5.95. The molecule has 0 bridgehead atoms. The number of nitrogens with zero attached hydrogens (tertiary/aromatic N) is 2. The fourth-order valence-corrected chi connectivity index (χ4v) is 3.81. The third-order valence-corrected chi connectivity index (χ3v) is 5.95. The molecule has 0 unspecified atom stereocenters. The Labute approximate surface area is 218 Å². The zero-order chi connectivity index (χ0) is 26.9. The summed E-state index contributed by atoms with van der Waals surface area (Å²) in [6.45, 7) is 0. The van der Waals surface area contributed by atoms with Crippen LogP contribution in [0.5, 0.6) is 11.5 Å². The zero-order valence-electron chi connectivity index (χ0n) is 20.3. The van der Waals surface area contributed by atoms with Crippen LogP contribution in [0.15, 0.2) is 97.1 Å². The van der Waals surface area contributed by atoms with E-state index in [1.807, 2.05) is 24.3 Å². The van der Waals surface area contributed by atoms with Crippen molar-refractivity contribution in [2.75, 3.05) is 0 Å². The van der Waals surface area contributed by atoms with Crippen LogP contribution in [0.4, 0.5) is 16.2 Å². The van der Waals surface area contributed by atoms with Gasteiger partial charge in [-0.05, 0) is 72.2 Å². The Kier molecular flexibility index (Phi) is 8.40. The molecule has 192 valence electrons. The number of nitro groups is 2. The number of hydrogen-bond donors (Lipinski definition) is 0. The summed E-state index contributed by atoms with van der Waals surface area (Å²) in [7, 11) is 0. The Morgan fingerprint density at radius 3 is 1.03 bits per heavy atom. The standard InChI is InChI=1S/C29H24N2O7/c32-29(37-27-17-9-23(10-18-27)3-1-21-5-13-25(14-6-21)30(33)34)38-28-19-11-24(12-20-28)4-2-22-7-15-26(16-8-22)31(35)36/h5-20H,1-4H2. The van der Waals surface area contributed by atoms with Crippen molar-refractivity contribution in [3.8, 4) is 11.5 Å². The van der Waals surface area contributed by atoms with Gasteiger partial charge in [0, 0.05) is 24.3 Å². The van der Waals surface area contributed by atoms with Crippen LogP contribution in [0.3, 0.4) is 0 Å². The molecule has 0 amide bonds. The summed E-state index contributed by atoms with van der Waals surface area (Å²) in [6.07, 6.45) is 2.08. The molecule has 38 heavy (non-hydrogen) atoms. The van der Waals surface area contributed by atoms with E-state index in [0.29, 0.717) is 11.5 Å². The highest BCUT2D eigenvalue weighted by Crippen LogP contribution is 2.19. The number of non-ortho nitro benzene ring substituents is 2. The summed E-state index contributed by atoms with van der Waals surface area (Å²) in [5.41, 5.74) is 4.20. The second-order valence-corrected chi connectivity index (χ2v) is 8.59. The summed E-state index contributed by atoms with van der Waals surface area (Å²) < 4.78 is 10.5. The maximum atomic E-state index is 12.2. The Morgan fingerprint density at radius 2 is 0.763 bits per heavy atom. The first-order valence-corrected chi connectivity index (χ1v) is 11.9. The number of benzene rings is 4. The normalized spacial score (nSPS) is 10.5. The van der Waals surface area contributed by atoms with E-state index < -0.39 is 16.0 Å². The van der Waals surface area contributed by atoms with Crippen molar-refractivity contribution < 1.29 is 24.1 Å². The molecule has 0 aliphatic rings. The Bertz CT molecular complexity index is 1290. The Morgan fingerprint density at radius 1 is 0.500 bits per heavy atom. The van der Waals surface area contributed by atoms with Gasteiger partial charge in [0.1, 0.15) is 11.5 Å². The third kappa shape index (κ3) is 7.47. The average molecular weight is 513 g/mol. The van der Waals surface area contributed by atoms with Crippen LogP contribution in [-0.4, -0.2) is 16.0 Å². The van der Waals surface area contributed by atoms with E-state index >= 15 is 0 Å². The highest BCUT2D eigenvalue weighted by Gasteiger charge is 2.09. The number of carbonyl (C=O) groups is 1. The van der Waals surface area contributed by atoms with Gasteiger partial charge in [0.15, 0.2) is 0 Å². The zero-order valence-corrected chi connectivity index (χ0v) is 20.3. The number of nitro benzene ring substituents is 2. The van der Waals surface area contributed by atoms with Crippen LogP contribution < -0.4 is 9.47 Å². The van der Waals surface area contributed by atoms with Crippen molar-refractivity contribution in [3.05, 3.63) is 140 Å².